The highest BCUT2D eigenvalue weighted by molar-refractivity contribution is 6.31. The van der Waals surface area contributed by atoms with Gasteiger partial charge in [0, 0.05) is 12.2 Å². The molecule has 0 aliphatic carbocycles. The van der Waals surface area contributed by atoms with Crippen molar-refractivity contribution in [2.45, 2.75) is 19.8 Å². The molecule has 2 aromatic rings. The smallest absolute Gasteiger partial charge is 0.228 e. The van der Waals surface area contributed by atoms with Gasteiger partial charge in [0.1, 0.15) is 0 Å². The van der Waals surface area contributed by atoms with Crippen LogP contribution < -0.4 is 5.32 Å². The Morgan fingerprint density at radius 1 is 1.22 bits per heavy atom. The summed E-state index contributed by atoms with van der Waals surface area (Å²) in [7, 11) is 0. The SMILES string of the molecule is Cc1[nH]ncc1CCCNc1nc(Cl)nc(Cl)n1. The fourth-order valence-corrected chi connectivity index (χ4v) is 1.88. The molecule has 0 atom stereocenters. The summed E-state index contributed by atoms with van der Waals surface area (Å²) in [6, 6.07) is 0. The molecule has 8 heteroatoms. The molecule has 0 amide bonds. The summed E-state index contributed by atoms with van der Waals surface area (Å²) in [4.78, 5) is 11.5. The highest BCUT2D eigenvalue weighted by Gasteiger charge is 2.03. The van der Waals surface area contributed by atoms with Crippen molar-refractivity contribution in [2.24, 2.45) is 0 Å². The molecule has 2 aromatic heterocycles. The number of hydrogen-bond donors (Lipinski definition) is 2. The standard InChI is InChI=1S/C10H12Cl2N6/c1-6-7(5-14-18-6)3-2-4-13-10-16-8(11)15-9(12)17-10/h5H,2-4H2,1H3,(H,14,18)(H,13,15,16,17). The first-order chi connectivity index (χ1) is 8.65. The summed E-state index contributed by atoms with van der Waals surface area (Å²) >= 11 is 11.3. The van der Waals surface area contributed by atoms with E-state index in [0.717, 1.165) is 25.1 Å². The maximum absolute atomic E-state index is 5.67. The first-order valence-corrected chi connectivity index (χ1v) is 6.20. The number of halogens is 2. The zero-order valence-corrected chi connectivity index (χ0v) is 11.3. The van der Waals surface area contributed by atoms with Crippen molar-refractivity contribution in [1.29, 1.82) is 0 Å². The Balaban J connectivity index is 1.80. The Kier molecular flexibility index (Phi) is 4.33. The second-order valence-electron chi connectivity index (χ2n) is 3.75. The van der Waals surface area contributed by atoms with Crippen LogP contribution in [-0.2, 0) is 6.42 Å². The first kappa shape index (κ1) is 13.0. The van der Waals surface area contributed by atoms with Crippen LogP contribution in [0.2, 0.25) is 10.6 Å². The molecule has 0 aromatic carbocycles. The minimum absolute atomic E-state index is 0.0863. The van der Waals surface area contributed by atoms with Crippen LogP contribution in [0.15, 0.2) is 6.20 Å². The second-order valence-corrected chi connectivity index (χ2v) is 4.42. The molecule has 0 aliphatic rings. The lowest BCUT2D eigenvalue weighted by Gasteiger charge is -2.04. The van der Waals surface area contributed by atoms with E-state index in [0.29, 0.717) is 5.95 Å². The van der Waals surface area contributed by atoms with Crippen LogP contribution in [0.4, 0.5) is 5.95 Å². The fraction of sp³-hybridized carbons (Fsp3) is 0.400. The maximum atomic E-state index is 5.67. The van der Waals surface area contributed by atoms with Gasteiger partial charge in [-0.15, -0.1) is 0 Å². The van der Waals surface area contributed by atoms with Gasteiger partial charge in [0.25, 0.3) is 0 Å². The molecule has 2 N–H and O–H groups in total. The predicted molar refractivity (Wildman–Crippen MR) is 70.0 cm³/mol. The van der Waals surface area contributed by atoms with E-state index in [1.54, 1.807) is 0 Å². The van der Waals surface area contributed by atoms with Crippen molar-refractivity contribution in [2.75, 3.05) is 11.9 Å². The molecular formula is C10H12Cl2N6. The summed E-state index contributed by atoms with van der Waals surface area (Å²) in [6.45, 7) is 2.72. The third-order valence-corrected chi connectivity index (χ3v) is 2.76. The molecule has 6 nitrogen and oxygen atoms in total. The van der Waals surface area contributed by atoms with Crippen LogP contribution >= 0.6 is 23.2 Å². The van der Waals surface area contributed by atoms with Crippen LogP contribution in [-0.4, -0.2) is 31.7 Å². The van der Waals surface area contributed by atoms with E-state index in [-0.39, 0.29) is 10.6 Å². The maximum Gasteiger partial charge on any atom is 0.228 e. The van der Waals surface area contributed by atoms with E-state index >= 15 is 0 Å². The highest BCUT2D eigenvalue weighted by Crippen LogP contribution is 2.10. The molecule has 18 heavy (non-hydrogen) atoms. The molecular weight excluding hydrogens is 275 g/mol. The molecule has 0 fully saturated rings. The van der Waals surface area contributed by atoms with Crippen LogP contribution in [0, 0.1) is 6.92 Å². The van der Waals surface area contributed by atoms with Crippen LogP contribution in [0.1, 0.15) is 17.7 Å². The Morgan fingerprint density at radius 2 is 1.94 bits per heavy atom. The van der Waals surface area contributed by atoms with Gasteiger partial charge in [-0.2, -0.15) is 20.1 Å². The molecule has 0 bridgehead atoms. The topological polar surface area (TPSA) is 79.4 Å². The number of nitrogens with one attached hydrogen (secondary N) is 2. The zero-order chi connectivity index (χ0) is 13.0. The summed E-state index contributed by atoms with van der Waals surface area (Å²) in [6.07, 6.45) is 3.70. The monoisotopic (exact) mass is 286 g/mol. The Labute approximate surface area is 114 Å². The molecule has 2 heterocycles. The van der Waals surface area contributed by atoms with E-state index < -0.39 is 0 Å². The number of aromatic nitrogens is 5. The lowest BCUT2D eigenvalue weighted by atomic mass is 10.1. The molecule has 0 saturated carbocycles. The van der Waals surface area contributed by atoms with Gasteiger partial charge in [-0.1, -0.05) is 0 Å². The van der Waals surface area contributed by atoms with Gasteiger partial charge in [-0.05, 0) is 48.5 Å². The average molecular weight is 287 g/mol. The third-order valence-electron chi connectivity index (χ3n) is 2.42. The molecule has 0 saturated heterocycles. The molecule has 0 radical (unpaired) electrons. The highest BCUT2D eigenvalue weighted by atomic mass is 35.5. The first-order valence-electron chi connectivity index (χ1n) is 5.45. The number of nitrogens with zero attached hydrogens (tertiary/aromatic N) is 4. The van der Waals surface area contributed by atoms with Crippen molar-refractivity contribution in [3.05, 3.63) is 28.0 Å². The molecule has 0 aliphatic heterocycles. The van der Waals surface area contributed by atoms with Crippen molar-refractivity contribution in [1.82, 2.24) is 25.1 Å². The Morgan fingerprint density at radius 3 is 2.56 bits per heavy atom. The Bertz CT molecular complexity index is 507. The summed E-state index contributed by atoms with van der Waals surface area (Å²) in [5, 5.41) is 10.1. The van der Waals surface area contributed by atoms with Gasteiger partial charge in [0.2, 0.25) is 16.5 Å². The van der Waals surface area contributed by atoms with Crippen LogP contribution in [0.3, 0.4) is 0 Å². The quantitative estimate of drug-likeness (QED) is 0.824. The number of anilines is 1. The van der Waals surface area contributed by atoms with E-state index in [2.05, 4.69) is 30.5 Å². The third kappa shape index (κ3) is 3.54. The van der Waals surface area contributed by atoms with Crippen molar-refractivity contribution < 1.29 is 0 Å². The van der Waals surface area contributed by atoms with E-state index in [1.807, 2.05) is 13.1 Å². The largest absolute Gasteiger partial charge is 0.354 e. The number of aryl methyl sites for hydroxylation is 2. The Hall–Kier alpha value is -1.40. The normalized spacial score (nSPS) is 10.6. The lowest BCUT2D eigenvalue weighted by Crippen LogP contribution is -2.07. The summed E-state index contributed by atoms with van der Waals surface area (Å²) in [5.74, 6) is 0.393. The average Bonchev–Trinajstić information content (AvgIpc) is 2.69. The molecule has 96 valence electrons. The molecule has 0 unspecified atom stereocenters. The van der Waals surface area contributed by atoms with Gasteiger partial charge in [-0.3, -0.25) is 5.10 Å². The van der Waals surface area contributed by atoms with E-state index in [9.17, 15) is 0 Å². The van der Waals surface area contributed by atoms with Crippen LogP contribution in [0.25, 0.3) is 0 Å². The number of rotatable bonds is 5. The number of H-pyrrole nitrogens is 1. The van der Waals surface area contributed by atoms with Gasteiger partial charge in [0.15, 0.2) is 0 Å². The van der Waals surface area contributed by atoms with Gasteiger partial charge in [-0.25, -0.2) is 0 Å². The van der Waals surface area contributed by atoms with Crippen LogP contribution in [0.5, 0.6) is 0 Å². The minimum atomic E-state index is 0.0863. The van der Waals surface area contributed by atoms with Gasteiger partial charge in [0.05, 0.1) is 6.20 Å². The van der Waals surface area contributed by atoms with E-state index in [4.69, 9.17) is 23.2 Å². The summed E-state index contributed by atoms with van der Waals surface area (Å²) in [5.41, 5.74) is 2.31. The van der Waals surface area contributed by atoms with Crippen molar-refractivity contribution in [3.8, 4) is 0 Å². The number of aromatic amines is 1. The molecule has 2 rings (SSSR count). The minimum Gasteiger partial charge on any atom is -0.354 e. The van der Waals surface area contributed by atoms with Crippen molar-refractivity contribution in [3.63, 3.8) is 0 Å². The van der Waals surface area contributed by atoms with Gasteiger partial charge >= 0.3 is 0 Å². The summed E-state index contributed by atoms with van der Waals surface area (Å²) < 4.78 is 0. The molecule has 0 spiro atoms. The number of hydrogen-bond acceptors (Lipinski definition) is 5. The fourth-order valence-electron chi connectivity index (χ4n) is 1.51. The lowest BCUT2D eigenvalue weighted by molar-refractivity contribution is 0.845. The van der Waals surface area contributed by atoms with Crippen molar-refractivity contribution >= 4 is 29.2 Å². The van der Waals surface area contributed by atoms with Gasteiger partial charge < -0.3 is 5.32 Å². The zero-order valence-electron chi connectivity index (χ0n) is 9.74. The predicted octanol–water partition coefficient (Wildman–Crippen LogP) is 2.25. The van der Waals surface area contributed by atoms with E-state index in [1.165, 1.54) is 5.56 Å². The second kappa shape index (κ2) is 5.97.